The molecular formula is C9H8F2O3. The zero-order chi connectivity index (χ0) is 10.7. The number of carbonyl (C=O) groups is 1. The third-order valence-corrected chi connectivity index (χ3v) is 1.69. The van der Waals surface area contributed by atoms with Crippen LogP contribution in [0.5, 0.6) is 0 Å². The maximum Gasteiger partial charge on any atom is 0.343 e. The molecule has 5 heteroatoms. The molecule has 1 rings (SSSR count). The van der Waals surface area contributed by atoms with Gasteiger partial charge >= 0.3 is 5.97 Å². The first-order valence-electron chi connectivity index (χ1n) is 3.80. The van der Waals surface area contributed by atoms with Crippen molar-refractivity contribution in [1.82, 2.24) is 0 Å². The number of rotatable bonds is 2. The van der Waals surface area contributed by atoms with Crippen molar-refractivity contribution in [3.05, 3.63) is 34.9 Å². The van der Waals surface area contributed by atoms with Gasteiger partial charge in [0.05, 0.1) is 5.56 Å². The number of halogens is 2. The van der Waals surface area contributed by atoms with Gasteiger partial charge in [-0.3, -0.25) is 0 Å². The molecule has 14 heavy (non-hydrogen) atoms. The molecule has 1 aromatic rings. The lowest BCUT2D eigenvalue weighted by Gasteiger charge is -2.04. The second-order valence-electron chi connectivity index (χ2n) is 2.62. The number of esters is 1. The molecule has 3 nitrogen and oxygen atoms in total. The smallest absolute Gasteiger partial charge is 0.343 e. The lowest BCUT2D eigenvalue weighted by atomic mass is 10.1. The summed E-state index contributed by atoms with van der Waals surface area (Å²) in [6.45, 7) is 0.507. The van der Waals surface area contributed by atoms with Crippen molar-refractivity contribution < 1.29 is 23.4 Å². The van der Waals surface area contributed by atoms with Crippen LogP contribution in [0.1, 0.15) is 15.9 Å². The van der Waals surface area contributed by atoms with E-state index in [0.717, 1.165) is 6.07 Å². The highest BCUT2D eigenvalue weighted by atomic mass is 19.2. The Bertz CT molecular complexity index is 363. The molecular weight excluding hydrogens is 194 g/mol. The Morgan fingerprint density at radius 1 is 1.43 bits per heavy atom. The Kier molecular flexibility index (Phi) is 3.14. The van der Waals surface area contributed by atoms with E-state index in [0.29, 0.717) is 0 Å². The monoisotopic (exact) mass is 202 g/mol. The topological polar surface area (TPSA) is 46.5 Å². The van der Waals surface area contributed by atoms with Crippen LogP contribution in [0.2, 0.25) is 0 Å². The fourth-order valence-electron chi connectivity index (χ4n) is 0.940. The average Bonchev–Trinajstić information content (AvgIpc) is 2.15. The second-order valence-corrected chi connectivity index (χ2v) is 2.62. The van der Waals surface area contributed by atoms with Crippen LogP contribution >= 0.6 is 0 Å². The summed E-state index contributed by atoms with van der Waals surface area (Å²) < 4.78 is 30.1. The maximum absolute atomic E-state index is 13.1. The first-order valence-corrected chi connectivity index (χ1v) is 3.80. The Hall–Kier alpha value is -1.49. The van der Waals surface area contributed by atoms with Crippen LogP contribution in [-0.2, 0) is 4.74 Å². The van der Waals surface area contributed by atoms with Crippen molar-refractivity contribution in [1.29, 1.82) is 0 Å². The zero-order valence-corrected chi connectivity index (χ0v) is 7.38. The fourth-order valence-corrected chi connectivity index (χ4v) is 0.940. The highest BCUT2D eigenvalue weighted by Crippen LogP contribution is 2.16. The summed E-state index contributed by atoms with van der Waals surface area (Å²) in [4.78, 5) is 10.9. The largest absolute Gasteiger partial charge is 0.435 e. The zero-order valence-electron chi connectivity index (χ0n) is 7.38. The highest BCUT2D eigenvalue weighted by molar-refractivity contribution is 5.89. The van der Waals surface area contributed by atoms with E-state index in [1.165, 1.54) is 13.0 Å². The number of carbonyl (C=O) groups excluding carboxylic acids is 1. The number of aryl methyl sites for hydroxylation is 1. The van der Waals surface area contributed by atoms with E-state index >= 15 is 0 Å². The number of hydrogen-bond acceptors (Lipinski definition) is 3. The molecule has 0 bridgehead atoms. The van der Waals surface area contributed by atoms with Gasteiger partial charge in [-0.15, -0.1) is 0 Å². The summed E-state index contributed by atoms with van der Waals surface area (Å²) in [6.07, 6.45) is 0. The molecule has 1 N–H and O–H groups in total. The van der Waals surface area contributed by atoms with Crippen molar-refractivity contribution in [2.45, 2.75) is 6.92 Å². The maximum atomic E-state index is 13.1. The normalized spacial score (nSPS) is 10.0. The second kappa shape index (κ2) is 4.15. The van der Waals surface area contributed by atoms with Crippen molar-refractivity contribution >= 4 is 5.97 Å². The van der Waals surface area contributed by atoms with Crippen LogP contribution in [0.3, 0.4) is 0 Å². The van der Waals surface area contributed by atoms with Gasteiger partial charge in [0.2, 0.25) is 0 Å². The predicted octanol–water partition coefficient (Wildman–Crippen LogP) is 1.38. The molecule has 0 radical (unpaired) electrons. The molecule has 0 spiro atoms. The third kappa shape index (κ3) is 1.88. The van der Waals surface area contributed by atoms with Crippen LogP contribution in [0.15, 0.2) is 12.1 Å². The molecule has 0 aliphatic carbocycles. The summed E-state index contributed by atoms with van der Waals surface area (Å²) in [6, 6.07) is 2.36. The van der Waals surface area contributed by atoms with Gasteiger partial charge in [0.25, 0.3) is 0 Å². The Balaban J connectivity index is 3.11. The predicted molar refractivity (Wildman–Crippen MR) is 43.6 cm³/mol. The molecule has 0 aliphatic rings. The number of aliphatic hydroxyl groups is 1. The third-order valence-electron chi connectivity index (χ3n) is 1.69. The number of ether oxygens (including phenoxy) is 1. The minimum Gasteiger partial charge on any atom is -0.435 e. The van der Waals surface area contributed by atoms with Gasteiger partial charge in [0.1, 0.15) is 0 Å². The average molecular weight is 202 g/mol. The summed E-state index contributed by atoms with van der Waals surface area (Å²) >= 11 is 0. The molecule has 0 atom stereocenters. The molecule has 0 aromatic heterocycles. The van der Waals surface area contributed by atoms with E-state index in [1.54, 1.807) is 0 Å². The first-order chi connectivity index (χ1) is 6.57. The number of aliphatic hydroxyl groups excluding tert-OH is 1. The van der Waals surface area contributed by atoms with E-state index in [1.807, 2.05) is 0 Å². The van der Waals surface area contributed by atoms with Crippen molar-refractivity contribution in [3.8, 4) is 0 Å². The van der Waals surface area contributed by atoms with E-state index in [4.69, 9.17) is 5.11 Å². The van der Waals surface area contributed by atoms with Gasteiger partial charge in [-0.2, -0.15) is 0 Å². The Morgan fingerprint density at radius 2 is 2.07 bits per heavy atom. The van der Waals surface area contributed by atoms with E-state index in [2.05, 4.69) is 4.74 Å². The van der Waals surface area contributed by atoms with Gasteiger partial charge in [-0.05, 0) is 18.6 Å². The van der Waals surface area contributed by atoms with E-state index < -0.39 is 30.0 Å². The standard InChI is InChI=1S/C9H8F2O3/c1-5-2-3-6(8(11)7(5)10)9(13)14-4-12/h2-3,12H,4H2,1H3. The van der Waals surface area contributed by atoms with Gasteiger partial charge in [0.15, 0.2) is 18.4 Å². The van der Waals surface area contributed by atoms with Gasteiger partial charge in [-0.1, -0.05) is 6.07 Å². The first kappa shape index (κ1) is 10.6. The minimum atomic E-state index is -1.26. The minimum absolute atomic E-state index is 0.100. The van der Waals surface area contributed by atoms with Gasteiger partial charge in [0, 0.05) is 0 Å². The van der Waals surface area contributed by atoms with Crippen LogP contribution in [-0.4, -0.2) is 17.9 Å². The highest BCUT2D eigenvalue weighted by Gasteiger charge is 2.17. The fraction of sp³-hybridized carbons (Fsp3) is 0.222. The SMILES string of the molecule is Cc1ccc(C(=O)OCO)c(F)c1F. The van der Waals surface area contributed by atoms with E-state index in [-0.39, 0.29) is 5.56 Å². The molecule has 76 valence electrons. The van der Waals surface area contributed by atoms with Crippen LogP contribution in [0.25, 0.3) is 0 Å². The summed E-state index contributed by atoms with van der Waals surface area (Å²) in [5, 5.41) is 8.25. The molecule has 0 saturated heterocycles. The summed E-state index contributed by atoms with van der Waals surface area (Å²) in [7, 11) is 0. The Morgan fingerprint density at radius 3 is 2.64 bits per heavy atom. The summed E-state index contributed by atoms with van der Waals surface area (Å²) in [5.41, 5.74) is -0.426. The van der Waals surface area contributed by atoms with Crippen LogP contribution in [0.4, 0.5) is 8.78 Å². The van der Waals surface area contributed by atoms with Gasteiger partial charge < -0.3 is 9.84 Å². The lowest BCUT2D eigenvalue weighted by molar-refractivity contribution is 0.00631. The van der Waals surface area contributed by atoms with Crippen LogP contribution in [0, 0.1) is 18.6 Å². The molecule has 1 aromatic carbocycles. The van der Waals surface area contributed by atoms with Crippen LogP contribution < -0.4 is 0 Å². The van der Waals surface area contributed by atoms with Crippen molar-refractivity contribution in [3.63, 3.8) is 0 Å². The number of hydrogen-bond donors (Lipinski definition) is 1. The van der Waals surface area contributed by atoms with Crippen molar-refractivity contribution in [2.75, 3.05) is 6.79 Å². The van der Waals surface area contributed by atoms with Crippen molar-refractivity contribution in [2.24, 2.45) is 0 Å². The number of benzene rings is 1. The molecule has 0 heterocycles. The molecule has 0 unspecified atom stereocenters. The molecule has 0 saturated carbocycles. The quantitative estimate of drug-likeness (QED) is 0.582. The molecule has 0 aliphatic heterocycles. The lowest BCUT2D eigenvalue weighted by Crippen LogP contribution is -2.09. The Labute approximate surface area is 78.9 Å². The molecule has 0 fully saturated rings. The summed E-state index contributed by atoms with van der Waals surface area (Å²) in [5.74, 6) is -3.44. The molecule has 0 amide bonds. The van der Waals surface area contributed by atoms with E-state index in [9.17, 15) is 13.6 Å². The van der Waals surface area contributed by atoms with Gasteiger partial charge in [-0.25, -0.2) is 13.6 Å².